The molecule has 1 aromatic heterocycles. The Morgan fingerprint density at radius 1 is 1.71 bits per heavy atom. The third-order valence-electron chi connectivity index (χ3n) is 3.39. The number of hydrogen-bond donors (Lipinski definition) is 1. The molecule has 1 fully saturated rings. The first-order chi connectivity index (χ1) is 8.11. The summed E-state index contributed by atoms with van der Waals surface area (Å²) < 4.78 is 0.668. The molecule has 0 aromatic carbocycles. The number of hydrogen-bond acceptors (Lipinski definition) is 4. The van der Waals surface area contributed by atoms with Crippen LogP contribution in [-0.4, -0.2) is 36.4 Å². The Hall–Kier alpha value is -0.420. The Balaban J connectivity index is 2.00. The molecule has 17 heavy (non-hydrogen) atoms. The monoisotopic (exact) mass is 272 g/mol. The molecular weight excluding hydrogens is 256 g/mol. The molecule has 5 heteroatoms. The second-order valence-electron chi connectivity index (χ2n) is 4.53. The molecule has 0 spiro atoms. The molecule has 0 amide bonds. The highest BCUT2D eigenvalue weighted by Gasteiger charge is 2.29. The van der Waals surface area contributed by atoms with Crippen LogP contribution in [0.2, 0.25) is 4.34 Å². The SMILES string of the molecule is CC(C(=O)c1ccc(Cl)s1)N1CCC(CN)C1. The maximum absolute atomic E-state index is 12.2. The second-order valence-corrected chi connectivity index (χ2v) is 6.24. The molecule has 1 aromatic rings. The van der Waals surface area contributed by atoms with Crippen molar-refractivity contribution >= 4 is 28.7 Å². The van der Waals surface area contributed by atoms with Crippen LogP contribution in [0.4, 0.5) is 0 Å². The minimum Gasteiger partial charge on any atom is -0.330 e. The van der Waals surface area contributed by atoms with E-state index in [4.69, 9.17) is 17.3 Å². The van der Waals surface area contributed by atoms with Crippen molar-refractivity contribution in [2.24, 2.45) is 11.7 Å². The molecule has 1 saturated heterocycles. The van der Waals surface area contributed by atoms with Crippen LogP contribution in [0, 0.1) is 5.92 Å². The normalized spacial score (nSPS) is 22.9. The smallest absolute Gasteiger partial charge is 0.189 e. The number of Topliss-reactive ketones (excluding diaryl/α,β-unsaturated/α-hetero) is 1. The number of likely N-dealkylation sites (tertiary alicyclic amines) is 1. The van der Waals surface area contributed by atoms with E-state index in [-0.39, 0.29) is 11.8 Å². The number of rotatable bonds is 4. The van der Waals surface area contributed by atoms with Crippen molar-refractivity contribution in [3.63, 3.8) is 0 Å². The topological polar surface area (TPSA) is 46.3 Å². The first-order valence-corrected chi connectivity index (χ1v) is 7.05. The molecular formula is C12H17ClN2OS. The summed E-state index contributed by atoms with van der Waals surface area (Å²) in [5, 5.41) is 0. The molecule has 1 aliphatic heterocycles. The van der Waals surface area contributed by atoms with Gasteiger partial charge in [-0.1, -0.05) is 11.6 Å². The van der Waals surface area contributed by atoms with Gasteiger partial charge in [-0.05, 0) is 44.5 Å². The van der Waals surface area contributed by atoms with E-state index < -0.39 is 0 Å². The van der Waals surface area contributed by atoms with E-state index in [1.165, 1.54) is 11.3 Å². The number of halogens is 1. The highest BCUT2D eigenvalue weighted by Crippen LogP contribution is 2.25. The molecule has 1 aliphatic rings. The van der Waals surface area contributed by atoms with Gasteiger partial charge in [0.1, 0.15) is 0 Å². The molecule has 0 bridgehead atoms. The van der Waals surface area contributed by atoms with E-state index in [1.54, 1.807) is 6.07 Å². The summed E-state index contributed by atoms with van der Waals surface area (Å²) in [4.78, 5) is 15.2. The number of nitrogens with two attached hydrogens (primary N) is 1. The van der Waals surface area contributed by atoms with Crippen molar-refractivity contribution in [1.82, 2.24) is 4.90 Å². The Kier molecular flexibility index (Phi) is 4.20. The lowest BCUT2D eigenvalue weighted by molar-refractivity contribution is 0.0867. The summed E-state index contributed by atoms with van der Waals surface area (Å²) in [6.45, 7) is 4.58. The third kappa shape index (κ3) is 2.88. The average molecular weight is 273 g/mol. The molecule has 94 valence electrons. The summed E-state index contributed by atoms with van der Waals surface area (Å²) in [7, 11) is 0. The van der Waals surface area contributed by atoms with E-state index >= 15 is 0 Å². The van der Waals surface area contributed by atoms with E-state index in [0.29, 0.717) is 16.8 Å². The highest BCUT2D eigenvalue weighted by atomic mass is 35.5. The largest absolute Gasteiger partial charge is 0.330 e. The number of carbonyl (C=O) groups is 1. The average Bonchev–Trinajstić information content (AvgIpc) is 2.95. The first-order valence-electron chi connectivity index (χ1n) is 5.85. The zero-order chi connectivity index (χ0) is 12.4. The van der Waals surface area contributed by atoms with Crippen LogP contribution in [0.5, 0.6) is 0 Å². The van der Waals surface area contributed by atoms with E-state index in [9.17, 15) is 4.79 Å². The lowest BCUT2D eigenvalue weighted by Crippen LogP contribution is -2.37. The maximum atomic E-state index is 12.2. The molecule has 2 unspecified atom stereocenters. The van der Waals surface area contributed by atoms with Crippen LogP contribution in [0.15, 0.2) is 12.1 Å². The Morgan fingerprint density at radius 3 is 3.00 bits per heavy atom. The van der Waals surface area contributed by atoms with Crippen molar-refractivity contribution in [2.75, 3.05) is 19.6 Å². The highest BCUT2D eigenvalue weighted by molar-refractivity contribution is 7.18. The van der Waals surface area contributed by atoms with Crippen LogP contribution >= 0.6 is 22.9 Å². The standard InChI is InChI=1S/C12H17ClN2OS/c1-8(15-5-4-9(6-14)7-15)12(16)10-2-3-11(13)17-10/h2-3,8-9H,4-7,14H2,1H3. The second kappa shape index (κ2) is 5.48. The predicted octanol–water partition coefficient (Wildman–Crippen LogP) is 2.25. The van der Waals surface area contributed by atoms with Gasteiger partial charge in [0.15, 0.2) is 5.78 Å². The third-order valence-corrected chi connectivity index (χ3v) is 4.64. The fourth-order valence-corrected chi connectivity index (χ4v) is 3.29. The molecule has 0 saturated carbocycles. The van der Waals surface area contributed by atoms with Gasteiger partial charge in [-0.25, -0.2) is 0 Å². The molecule has 2 atom stereocenters. The molecule has 0 aliphatic carbocycles. The van der Waals surface area contributed by atoms with Crippen molar-refractivity contribution in [3.8, 4) is 0 Å². The molecule has 2 N–H and O–H groups in total. The predicted molar refractivity (Wildman–Crippen MR) is 71.9 cm³/mol. The van der Waals surface area contributed by atoms with Gasteiger partial charge in [0, 0.05) is 6.54 Å². The zero-order valence-electron chi connectivity index (χ0n) is 9.86. The lowest BCUT2D eigenvalue weighted by Gasteiger charge is -2.22. The van der Waals surface area contributed by atoms with Gasteiger partial charge in [-0.3, -0.25) is 9.69 Å². The van der Waals surface area contributed by atoms with Crippen molar-refractivity contribution < 1.29 is 4.79 Å². The van der Waals surface area contributed by atoms with Gasteiger partial charge in [-0.2, -0.15) is 0 Å². The van der Waals surface area contributed by atoms with Gasteiger partial charge in [0.25, 0.3) is 0 Å². The van der Waals surface area contributed by atoms with Gasteiger partial charge in [0.05, 0.1) is 15.3 Å². The molecule has 2 rings (SSSR count). The summed E-state index contributed by atoms with van der Waals surface area (Å²) in [6, 6.07) is 3.52. The fourth-order valence-electron chi connectivity index (χ4n) is 2.23. The first kappa shape index (κ1) is 13.0. The lowest BCUT2D eigenvalue weighted by atomic mass is 10.1. The molecule has 3 nitrogen and oxygen atoms in total. The van der Waals surface area contributed by atoms with Gasteiger partial charge < -0.3 is 5.73 Å². The Labute approximate surface area is 111 Å². The summed E-state index contributed by atoms with van der Waals surface area (Å²) >= 11 is 7.20. The summed E-state index contributed by atoms with van der Waals surface area (Å²) in [5.41, 5.74) is 5.66. The fraction of sp³-hybridized carbons (Fsp3) is 0.583. The van der Waals surface area contributed by atoms with Crippen LogP contribution in [0.1, 0.15) is 23.0 Å². The van der Waals surface area contributed by atoms with Crippen LogP contribution in [-0.2, 0) is 0 Å². The number of carbonyl (C=O) groups excluding carboxylic acids is 1. The van der Waals surface area contributed by atoms with Crippen LogP contribution < -0.4 is 5.73 Å². The van der Waals surface area contributed by atoms with Crippen LogP contribution in [0.25, 0.3) is 0 Å². The molecule has 2 heterocycles. The molecule has 0 radical (unpaired) electrons. The van der Waals surface area contributed by atoms with E-state index in [2.05, 4.69) is 4.90 Å². The minimum atomic E-state index is -0.0683. The van der Waals surface area contributed by atoms with Gasteiger partial charge in [0.2, 0.25) is 0 Å². The zero-order valence-corrected chi connectivity index (χ0v) is 11.4. The van der Waals surface area contributed by atoms with E-state index in [0.717, 1.165) is 24.4 Å². The quantitative estimate of drug-likeness (QED) is 0.856. The van der Waals surface area contributed by atoms with Crippen molar-refractivity contribution in [3.05, 3.63) is 21.3 Å². The van der Waals surface area contributed by atoms with Crippen molar-refractivity contribution in [2.45, 2.75) is 19.4 Å². The van der Waals surface area contributed by atoms with Crippen LogP contribution in [0.3, 0.4) is 0 Å². The van der Waals surface area contributed by atoms with Crippen molar-refractivity contribution in [1.29, 1.82) is 0 Å². The maximum Gasteiger partial charge on any atom is 0.189 e. The minimum absolute atomic E-state index is 0.0683. The van der Waals surface area contributed by atoms with Gasteiger partial charge >= 0.3 is 0 Å². The summed E-state index contributed by atoms with van der Waals surface area (Å²) in [5.74, 6) is 0.705. The number of nitrogens with zero attached hydrogens (tertiary/aromatic N) is 1. The number of ketones is 1. The Bertz CT molecular complexity index is 407. The number of thiophene rings is 1. The Morgan fingerprint density at radius 2 is 2.47 bits per heavy atom. The van der Waals surface area contributed by atoms with Gasteiger partial charge in [-0.15, -0.1) is 11.3 Å². The summed E-state index contributed by atoms with van der Waals surface area (Å²) in [6.07, 6.45) is 1.10. The van der Waals surface area contributed by atoms with E-state index in [1.807, 2.05) is 13.0 Å².